The van der Waals surface area contributed by atoms with Gasteiger partial charge in [0.1, 0.15) is 6.10 Å². The molecule has 25 heavy (non-hydrogen) atoms. The highest BCUT2D eigenvalue weighted by molar-refractivity contribution is 6.73. The second-order valence-corrected chi connectivity index (χ2v) is 14.0. The average Bonchev–Trinajstić information content (AvgIpc) is 3.03. The van der Waals surface area contributed by atoms with Gasteiger partial charge in [0.15, 0.2) is 8.32 Å². The molecule has 0 N–H and O–H groups in total. The van der Waals surface area contributed by atoms with Crippen molar-refractivity contribution in [1.82, 2.24) is 0 Å². The van der Waals surface area contributed by atoms with Crippen LogP contribution >= 0.6 is 0 Å². The normalized spacial score (nSPS) is 41.0. The summed E-state index contributed by atoms with van der Waals surface area (Å²) in [7, 11) is -1.69. The zero-order valence-electron chi connectivity index (χ0n) is 16.9. The van der Waals surface area contributed by atoms with E-state index in [1.54, 1.807) is 0 Å². The lowest BCUT2D eigenvalue weighted by atomic mass is 9.75. The monoisotopic (exact) mass is 364 g/mol. The Hall–Kier alpha value is -0.613. The predicted molar refractivity (Wildman–Crippen MR) is 104 cm³/mol. The van der Waals surface area contributed by atoms with Crippen LogP contribution < -0.4 is 0 Å². The van der Waals surface area contributed by atoms with Crippen LogP contribution in [0.2, 0.25) is 18.1 Å². The molecule has 1 heterocycles. The summed E-state index contributed by atoms with van der Waals surface area (Å²) in [5, 5.41) is 0. The molecule has 1 saturated heterocycles. The van der Waals surface area contributed by atoms with Crippen LogP contribution in [0.15, 0.2) is 12.2 Å². The molecule has 3 nitrogen and oxygen atoms in total. The third-order valence-corrected chi connectivity index (χ3v) is 12.1. The first-order chi connectivity index (χ1) is 11.8. The number of allylic oxidation sites excluding steroid dienone is 1. The summed E-state index contributed by atoms with van der Waals surface area (Å²) in [6.45, 7) is 13.8. The van der Waals surface area contributed by atoms with Crippen molar-refractivity contribution in [2.75, 3.05) is 0 Å². The Morgan fingerprint density at radius 2 is 1.88 bits per heavy atom. The maximum absolute atomic E-state index is 12.5. The molecule has 3 rings (SSSR count). The van der Waals surface area contributed by atoms with Crippen molar-refractivity contribution >= 4 is 14.3 Å². The molecule has 0 amide bonds. The minimum Gasteiger partial charge on any atom is -0.461 e. The van der Waals surface area contributed by atoms with Crippen molar-refractivity contribution < 1.29 is 14.0 Å². The number of hydrogen-bond donors (Lipinski definition) is 0. The fraction of sp³-hybridized carbons (Fsp3) is 0.857. The number of carbonyl (C=O) groups excluding carboxylic acids is 1. The number of esters is 1. The average molecular weight is 365 g/mol. The molecule has 0 bridgehead atoms. The maximum atomic E-state index is 12.5. The van der Waals surface area contributed by atoms with Gasteiger partial charge in [0.2, 0.25) is 0 Å². The van der Waals surface area contributed by atoms with Gasteiger partial charge in [-0.05, 0) is 42.8 Å². The van der Waals surface area contributed by atoms with E-state index in [9.17, 15) is 4.79 Å². The minimum absolute atomic E-state index is 0.0238. The molecule has 142 valence electrons. The summed E-state index contributed by atoms with van der Waals surface area (Å²) in [4.78, 5) is 12.5. The molecule has 4 heteroatoms. The van der Waals surface area contributed by atoms with Crippen LogP contribution in [0.3, 0.4) is 0 Å². The van der Waals surface area contributed by atoms with Crippen LogP contribution in [-0.4, -0.2) is 26.5 Å². The molecule has 2 fully saturated rings. The van der Waals surface area contributed by atoms with Gasteiger partial charge in [-0.2, -0.15) is 0 Å². The molecule has 0 aromatic carbocycles. The maximum Gasteiger partial charge on any atom is 0.309 e. The number of rotatable bonds is 5. The van der Waals surface area contributed by atoms with Crippen molar-refractivity contribution in [3.63, 3.8) is 0 Å². The van der Waals surface area contributed by atoms with Gasteiger partial charge in [-0.1, -0.05) is 53.7 Å². The quantitative estimate of drug-likeness (QED) is 0.383. The molecule has 0 radical (unpaired) electrons. The van der Waals surface area contributed by atoms with Crippen molar-refractivity contribution in [1.29, 1.82) is 0 Å². The summed E-state index contributed by atoms with van der Waals surface area (Å²) >= 11 is 0. The molecule has 0 unspecified atom stereocenters. The van der Waals surface area contributed by atoms with E-state index in [-0.39, 0.29) is 29.5 Å². The summed E-state index contributed by atoms with van der Waals surface area (Å²) < 4.78 is 13.0. The van der Waals surface area contributed by atoms with E-state index in [2.05, 4.69) is 53.7 Å². The van der Waals surface area contributed by atoms with E-state index in [1.165, 1.54) is 18.1 Å². The second-order valence-electron chi connectivity index (χ2n) is 9.25. The smallest absolute Gasteiger partial charge is 0.309 e. The molecule has 0 spiro atoms. The van der Waals surface area contributed by atoms with E-state index >= 15 is 0 Å². The van der Waals surface area contributed by atoms with Crippen LogP contribution in [-0.2, 0) is 14.0 Å². The topological polar surface area (TPSA) is 35.5 Å². The molecule has 0 aromatic rings. The van der Waals surface area contributed by atoms with E-state index in [0.29, 0.717) is 17.8 Å². The lowest BCUT2D eigenvalue weighted by Gasteiger charge is -2.41. The lowest BCUT2D eigenvalue weighted by Crippen LogP contribution is -2.47. The van der Waals surface area contributed by atoms with Gasteiger partial charge < -0.3 is 9.16 Å². The Morgan fingerprint density at radius 1 is 1.24 bits per heavy atom. The summed E-state index contributed by atoms with van der Waals surface area (Å²) in [6, 6.07) is 3.53. The first-order valence-electron chi connectivity index (χ1n) is 10.3. The number of hydrogen-bond acceptors (Lipinski definition) is 3. The van der Waals surface area contributed by atoms with Crippen LogP contribution in [0.5, 0.6) is 0 Å². The number of carbonyl (C=O) groups is 1. The summed E-state index contributed by atoms with van der Waals surface area (Å²) in [6.07, 6.45) is 6.75. The molecule has 2 aliphatic carbocycles. The third-order valence-electron chi connectivity index (χ3n) is 7.48. The van der Waals surface area contributed by atoms with E-state index in [0.717, 1.165) is 12.8 Å². The Bertz CT molecular complexity index is 529. The highest BCUT2D eigenvalue weighted by Gasteiger charge is 2.61. The Balaban J connectivity index is 1.98. The molecule has 1 aliphatic heterocycles. The summed E-state index contributed by atoms with van der Waals surface area (Å²) in [5.41, 5.74) is 0.0558. The fourth-order valence-corrected chi connectivity index (χ4v) is 8.70. The van der Waals surface area contributed by atoms with Crippen LogP contribution in [0.25, 0.3) is 0 Å². The second kappa shape index (κ2) is 6.84. The van der Waals surface area contributed by atoms with Crippen LogP contribution in [0.1, 0.15) is 54.4 Å². The zero-order valence-corrected chi connectivity index (χ0v) is 17.9. The van der Waals surface area contributed by atoms with Gasteiger partial charge in [0.25, 0.3) is 0 Å². The zero-order chi connectivity index (χ0) is 18.4. The molecule has 0 aromatic heterocycles. The SMILES string of the molecule is CC[Si](CC)(CC)O[C@@H]1[C@H]2CC(C)(C)[C@H]3OC(=O)[C@H](C/C=C\[C@H]1C)[C@@H]23. The van der Waals surface area contributed by atoms with Crippen LogP contribution in [0, 0.1) is 29.1 Å². The van der Waals surface area contributed by atoms with Gasteiger partial charge >= 0.3 is 5.97 Å². The van der Waals surface area contributed by atoms with Gasteiger partial charge in [0, 0.05) is 11.3 Å². The molecular weight excluding hydrogens is 328 g/mol. The van der Waals surface area contributed by atoms with Crippen molar-refractivity contribution in [2.45, 2.75) is 84.7 Å². The van der Waals surface area contributed by atoms with Gasteiger partial charge in [-0.25, -0.2) is 0 Å². The van der Waals surface area contributed by atoms with Crippen molar-refractivity contribution in [2.24, 2.45) is 29.1 Å². The van der Waals surface area contributed by atoms with E-state index in [4.69, 9.17) is 9.16 Å². The largest absolute Gasteiger partial charge is 0.461 e. The van der Waals surface area contributed by atoms with Crippen molar-refractivity contribution in [3.05, 3.63) is 12.2 Å². The fourth-order valence-electron chi connectivity index (χ4n) is 5.73. The van der Waals surface area contributed by atoms with Gasteiger partial charge in [-0.15, -0.1) is 0 Å². The lowest BCUT2D eigenvalue weighted by molar-refractivity contribution is -0.147. The van der Waals surface area contributed by atoms with E-state index < -0.39 is 8.32 Å². The van der Waals surface area contributed by atoms with E-state index in [1.807, 2.05) is 0 Å². The standard InChI is InChI=1S/C21H36O3Si/c1-7-25(8-2,9-3)24-18-14(4)11-10-12-15-17-16(18)13-21(5,6)19(17)23-20(15)22/h10-11,14-19H,7-9,12-13H2,1-6H3/b11-10-/t14-,15-,16+,17+,18+,19+/m1/s1. The summed E-state index contributed by atoms with van der Waals surface area (Å²) in [5.74, 6) is 1.24. The molecule has 1 saturated carbocycles. The van der Waals surface area contributed by atoms with Crippen molar-refractivity contribution in [3.8, 4) is 0 Å². The highest BCUT2D eigenvalue weighted by Crippen LogP contribution is 2.57. The minimum atomic E-state index is -1.69. The molecule has 6 atom stereocenters. The Labute approximate surface area is 154 Å². The highest BCUT2D eigenvalue weighted by atomic mass is 28.4. The Morgan fingerprint density at radius 3 is 2.48 bits per heavy atom. The predicted octanol–water partition coefficient (Wildman–Crippen LogP) is 5.18. The first kappa shape index (κ1) is 19.2. The number of ether oxygens (including phenoxy) is 1. The molecular formula is C21H36O3Si. The van der Waals surface area contributed by atoms with Gasteiger partial charge in [-0.3, -0.25) is 4.79 Å². The van der Waals surface area contributed by atoms with Gasteiger partial charge in [0.05, 0.1) is 12.0 Å². The van der Waals surface area contributed by atoms with Crippen LogP contribution in [0.4, 0.5) is 0 Å². The Kier molecular flexibility index (Phi) is 5.24. The third kappa shape index (κ3) is 3.14. The first-order valence-corrected chi connectivity index (χ1v) is 12.9. The molecule has 3 aliphatic rings.